The number of thioether (sulfide) groups is 1. The van der Waals surface area contributed by atoms with Gasteiger partial charge in [-0.15, -0.1) is 11.8 Å². The number of rotatable bonds is 5. The average Bonchev–Trinajstić information content (AvgIpc) is 2.41. The largest absolute Gasteiger partial charge is 0.312 e. The van der Waals surface area contributed by atoms with Crippen molar-refractivity contribution in [3.05, 3.63) is 65.7 Å². The summed E-state index contributed by atoms with van der Waals surface area (Å²) in [7, 11) is 2.03. The van der Waals surface area contributed by atoms with Gasteiger partial charge >= 0.3 is 0 Å². The fourth-order valence-electron chi connectivity index (χ4n) is 2.30. The second-order valence-corrected chi connectivity index (χ2v) is 6.27. The third kappa shape index (κ3) is 3.85. The van der Waals surface area contributed by atoms with Crippen molar-refractivity contribution >= 4 is 11.8 Å². The molecule has 0 heterocycles. The molecule has 0 radical (unpaired) electrons. The molecule has 1 N–H and O–H groups in total. The summed E-state index contributed by atoms with van der Waals surface area (Å²) in [5.41, 5.74) is 2.66. The summed E-state index contributed by atoms with van der Waals surface area (Å²) in [5.74, 6) is 0. The maximum absolute atomic E-state index is 3.43. The summed E-state index contributed by atoms with van der Waals surface area (Å²) < 4.78 is 0. The van der Waals surface area contributed by atoms with Crippen molar-refractivity contribution in [1.29, 1.82) is 0 Å². The lowest BCUT2D eigenvalue weighted by atomic mass is 10.0. The second kappa shape index (κ2) is 6.78. The first kappa shape index (κ1) is 14.2. The van der Waals surface area contributed by atoms with Gasteiger partial charge < -0.3 is 5.32 Å². The van der Waals surface area contributed by atoms with Gasteiger partial charge in [0.2, 0.25) is 0 Å². The minimum atomic E-state index is 0.367. The Morgan fingerprint density at radius 3 is 2.37 bits per heavy atom. The van der Waals surface area contributed by atoms with Crippen LogP contribution < -0.4 is 5.32 Å². The van der Waals surface area contributed by atoms with Crippen LogP contribution in [-0.2, 0) is 0 Å². The van der Waals surface area contributed by atoms with Crippen molar-refractivity contribution in [3.63, 3.8) is 0 Å². The van der Waals surface area contributed by atoms with Crippen molar-refractivity contribution in [3.8, 4) is 0 Å². The molecule has 0 aliphatic heterocycles. The molecule has 0 saturated carbocycles. The third-order valence-corrected chi connectivity index (χ3v) is 4.42. The van der Waals surface area contributed by atoms with Crippen molar-refractivity contribution in [2.24, 2.45) is 0 Å². The Balaban J connectivity index is 2.11. The maximum atomic E-state index is 3.43. The maximum Gasteiger partial charge on any atom is 0.0438 e. The van der Waals surface area contributed by atoms with Crippen LogP contribution in [0.3, 0.4) is 0 Å². The van der Waals surface area contributed by atoms with Gasteiger partial charge in [-0.05, 0) is 31.7 Å². The van der Waals surface area contributed by atoms with Crippen LogP contribution in [0.25, 0.3) is 0 Å². The van der Waals surface area contributed by atoms with Gasteiger partial charge in [-0.3, -0.25) is 0 Å². The van der Waals surface area contributed by atoms with E-state index < -0.39 is 0 Å². The standard InChI is InChI=1S/C17H21NS/c1-13-8-7-11-16(12-13)19-14(2)17(18-3)15-9-5-4-6-10-15/h4-12,14,17-18H,1-3H3. The molecule has 19 heavy (non-hydrogen) atoms. The molecule has 2 rings (SSSR count). The molecule has 0 aliphatic rings. The molecule has 0 bridgehead atoms. The minimum Gasteiger partial charge on any atom is -0.312 e. The van der Waals surface area contributed by atoms with Gasteiger partial charge in [0.05, 0.1) is 0 Å². The quantitative estimate of drug-likeness (QED) is 0.807. The Morgan fingerprint density at radius 1 is 1.00 bits per heavy atom. The normalized spacial score (nSPS) is 14.1. The van der Waals surface area contributed by atoms with Crippen molar-refractivity contribution in [2.75, 3.05) is 7.05 Å². The van der Waals surface area contributed by atoms with Gasteiger partial charge in [0.25, 0.3) is 0 Å². The van der Waals surface area contributed by atoms with Crippen LogP contribution in [0.1, 0.15) is 24.1 Å². The number of nitrogens with one attached hydrogen (secondary N) is 1. The van der Waals surface area contributed by atoms with Gasteiger partial charge in [0.1, 0.15) is 0 Å². The van der Waals surface area contributed by atoms with E-state index in [1.54, 1.807) is 0 Å². The summed E-state index contributed by atoms with van der Waals surface area (Å²) >= 11 is 1.92. The van der Waals surface area contributed by atoms with Crippen LogP contribution in [0.2, 0.25) is 0 Å². The first-order chi connectivity index (χ1) is 9.20. The minimum absolute atomic E-state index is 0.367. The molecule has 100 valence electrons. The Morgan fingerprint density at radius 2 is 1.74 bits per heavy atom. The highest BCUT2D eigenvalue weighted by molar-refractivity contribution is 8.00. The topological polar surface area (TPSA) is 12.0 Å². The summed E-state index contributed by atoms with van der Waals surface area (Å²) in [6, 6.07) is 19.7. The van der Waals surface area contributed by atoms with Crippen molar-refractivity contribution < 1.29 is 0 Å². The zero-order chi connectivity index (χ0) is 13.7. The molecule has 0 amide bonds. The highest BCUT2D eigenvalue weighted by Crippen LogP contribution is 2.32. The van der Waals surface area contributed by atoms with Crippen LogP contribution >= 0.6 is 11.8 Å². The molecule has 0 fully saturated rings. The van der Waals surface area contributed by atoms with E-state index in [-0.39, 0.29) is 0 Å². The molecule has 2 aromatic carbocycles. The van der Waals surface area contributed by atoms with Crippen LogP contribution in [0, 0.1) is 6.92 Å². The molecule has 0 aromatic heterocycles. The smallest absolute Gasteiger partial charge is 0.0438 e. The molecule has 1 nitrogen and oxygen atoms in total. The lowest BCUT2D eigenvalue weighted by molar-refractivity contribution is 0.589. The van der Waals surface area contributed by atoms with E-state index in [1.807, 2.05) is 18.8 Å². The zero-order valence-electron chi connectivity index (χ0n) is 11.8. The predicted octanol–water partition coefficient (Wildman–Crippen LogP) is 4.44. The van der Waals surface area contributed by atoms with Gasteiger partial charge in [-0.25, -0.2) is 0 Å². The monoisotopic (exact) mass is 271 g/mol. The predicted molar refractivity (Wildman–Crippen MR) is 84.7 cm³/mol. The molecule has 2 atom stereocenters. The second-order valence-electron chi connectivity index (χ2n) is 4.82. The highest BCUT2D eigenvalue weighted by atomic mass is 32.2. The summed E-state index contributed by atoms with van der Waals surface area (Å²) in [6.45, 7) is 4.42. The molecule has 2 aromatic rings. The van der Waals surface area contributed by atoms with E-state index in [0.717, 1.165) is 0 Å². The first-order valence-corrected chi connectivity index (χ1v) is 7.54. The lowest BCUT2D eigenvalue weighted by Gasteiger charge is -2.23. The number of hydrogen-bond acceptors (Lipinski definition) is 2. The Labute approximate surface area is 120 Å². The zero-order valence-corrected chi connectivity index (χ0v) is 12.6. The van der Waals surface area contributed by atoms with Crippen LogP contribution in [-0.4, -0.2) is 12.3 Å². The van der Waals surface area contributed by atoms with E-state index in [1.165, 1.54) is 16.0 Å². The van der Waals surface area contributed by atoms with Crippen molar-refractivity contribution in [1.82, 2.24) is 5.32 Å². The number of aryl methyl sites for hydroxylation is 1. The van der Waals surface area contributed by atoms with E-state index in [0.29, 0.717) is 11.3 Å². The average molecular weight is 271 g/mol. The van der Waals surface area contributed by atoms with Gasteiger partial charge in [-0.1, -0.05) is 55.0 Å². The first-order valence-electron chi connectivity index (χ1n) is 6.66. The molecule has 0 saturated heterocycles. The van der Waals surface area contributed by atoms with Crippen LogP contribution in [0.15, 0.2) is 59.5 Å². The molecular formula is C17H21NS. The van der Waals surface area contributed by atoms with E-state index in [4.69, 9.17) is 0 Å². The Bertz CT molecular complexity index is 510. The summed E-state index contributed by atoms with van der Waals surface area (Å²) in [5, 5.41) is 3.91. The van der Waals surface area contributed by atoms with E-state index in [2.05, 4.69) is 73.8 Å². The van der Waals surface area contributed by atoms with Crippen LogP contribution in [0.4, 0.5) is 0 Å². The molecule has 2 unspecified atom stereocenters. The van der Waals surface area contributed by atoms with E-state index >= 15 is 0 Å². The summed E-state index contributed by atoms with van der Waals surface area (Å²) in [6.07, 6.45) is 0. The molecule has 0 aliphatic carbocycles. The van der Waals surface area contributed by atoms with Gasteiger partial charge in [0.15, 0.2) is 0 Å². The SMILES string of the molecule is CNC(c1ccccc1)C(C)Sc1cccc(C)c1. The molecule has 2 heteroatoms. The fourth-order valence-corrected chi connectivity index (χ4v) is 3.57. The summed E-state index contributed by atoms with van der Waals surface area (Å²) in [4.78, 5) is 1.34. The Hall–Kier alpha value is -1.25. The van der Waals surface area contributed by atoms with Crippen molar-refractivity contribution in [2.45, 2.75) is 30.0 Å². The molecular weight excluding hydrogens is 250 g/mol. The fraction of sp³-hybridized carbons (Fsp3) is 0.294. The molecule has 0 spiro atoms. The number of hydrogen-bond donors (Lipinski definition) is 1. The van der Waals surface area contributed by atoms with E-state index in [9.17, 15) is 0 Å². The third-order valence-electron chi connectivity index (χ3n) is 3.25. The van der Waals surface area contributed by atoms with Crippen LogP contribution in [0.5, 0.6) is 0 Å². The lowest BCUT2D eigenvalue weighted by Crippen LogP contribution is -2.25. The van der Waals surface area contributed by atoms with Gasteiger partial charge in [-0.2, -0.15) is 0 Å². The number of benzene rings is 2. The highest BCUT2D eigenvalue weighted by Gasteiger charge is 2.18. The Kier molecular flexibility index (Phi) is 5.06. The van der Waals surface area contributed by atoms with Gasteiger partial charge in [0, 0.05) is 16.2 Å².